The summed E-state index contributed by atoms with van der Waals surface area (Å²) in [7, 11) is 0. The van der Waals surface area contributed by atoms with Crippen LogP contribution in [0.1, 0.15) is 34.5 Å². The van der Waals surface area contributed by atoms with Gasteiger partial charge >= 0.3 is 6.03 Å². The molecule has 3 N–H and O–H groups in total. The van der Waals surface area contributed by atoms with Crippen molar-refractivity contribution in [2.24, 2.45) is 5.73 Å². The predicted octanol–water partition coefficient (Wildman–Crippen LogP) is 4.29. The number of aromatic nitrogens is 2. The zero-order valence-electron chi connectivity index (χ0n) is 18.4. The summed E-state index contributed by atoms with van der Waals surface area (Å²) in [5, 5.41) is 7.72. The van der Waals surface area contributed by atoms with Crippen molar-refractivity contribution in [1.29, 1.82) is 0 Å². The van der Waals surface area contributed by atoms with E-state index < -0.39 is 42.1 Å². The van der Waals surface area contributed by atoms with E-state index in [1.807, 2.05) is 0 Å². The van der Waals surface area contributed by atoms with Gasteiger partial charge in [-0.25, -0.2) is 18.0 Å². The lowest BCUT2D eigenvalue weighted by Crippen LogP contribution is -2.62. The van der Waals surface area contributed by atoms with Crippen molar-refractivity contribution < 1.29 is 22.8 Å². The molecule has 1 aliphatic carbocycles. The Balaban J connectivity index is 1.42. The molecule has 182 valence electrons. The van der Waals surface area contributed by atoms with E-state index in [4.69, 9.17) is 17.3 Å². The number of amides is 3. The monoisotopic (exact) mass is 503 g/mol. The van der Waals surface area contributed by atoms with Crippen molar-refractivity contribution in [1.82, 2.24) is 20.0 Å². The number of fused-ring (bicyclic) bond motifs is 1. The normalized spacial score (nSPS) is 17.9. The minimum atomic E-state index is -2.94. The highest BCUT2D eigenvalue weighted by atomic mass is 35.5. The lowest BCUT2D eigenvalue weighted by Gasteiger charge is -2.49. The number of urea groups is 1. The number of alkyl halides is 2. The van der Waals surface area contributed by atoms with Crippen molar-refractivity contribution in [2.45, 2.75) is 37.4 Å². The Hall–Kier alpha value is -3.53. The summed E-state index contributed by atoms with van der Waals surface area (Å²) in [6.07, 6.45) is -1.18. The van der Waals surface area contributed by atoms with Gasteiger partial charge in [-0.15, -0.1) is 0 Å². The van der Waals surface area contributed by atoms with Crippen molar-refractivity contribution in [3.8, 4) is 11.3 Å². The number of nitrogens with zero attached hydrogens (tertiary/aromatic N) is 3. The van der Waals surface area contributed by atoms with Crippen molar-refractivity contribution in [3.63, 3.8) is 0 Å². The van der Waals surface area contributed by atoms with E-state index in [0.29, 0.717) is 27.5 Å². The van der Waals surface area contributed by atoms with E-state index in [-0.39, 0.29) is 25.2 Å². The Labute approximate surface area is 203 Å². The molecule has 1 aliphatic heterocycles. The topological polar surface area (TPSA) is 93.2 Å². The van der Waals surface area contributed by atoms with Crippen molar-refractivity contribution in [2.75, 3.05) is 6.54 Å². The minimum Gasteiger partial charge on any atom is -0.365 e. The average Bonchev–Trinajstić information content (AvgIpc) is 3.17. The number of hydrogen-bond acceptors (Lipinski definition) is 3. The quantitative estimate of drug-likeness (QED) is 0.556. The van der Waals surface area contributed by atoms with E-state index in [2.05, 4.69) is 10.4 Å². The third-order valence-corrected chi connectivity index (χ3v) is 6.71. The van der Waals surface area contributed by atoms with Gasteiger partial charge in [0.05, 0.1) is 29.9 Å². The van der Waals surface area contributed by atoms with Gasteiger partial charge in [0.25, 0.3) is 11.8 Å². The van der Waals surface area contributed by atoms with E-state index in [1.165, 1.54) is 29.2 Å². The Kier molecular flexibility index (Phi) is 5.51. The van der Waals surface area contributed by atoms with E-state index >= 15 is 0 Å². The number of benzene rings is 2. The highest BCUT2D eigenvalue weighted by molar-refractivity contribution is 6.30. The zero-order valence-corrected chi connectivity index (χ0v) is 19.2. The van der Waals surface area contributed by atoms with Crippen molar-refractivity contribution >= 4 is 23.5 Å². The molecule has 7 nitrogen and oxygen atoms in total. The van der Waals surface area contributed by atoms with Gasteiger partial charge in [0.15, 0.2) is 0 Å². The predicted molar refractivity (Wildman–Crippen MR) is 122 cm³/mol. The van der Waals surface area contributed by atoms with Crippen LogP contribution in [0.15, 0.2) is 48.5 Å². The third-order valence-electron chi connectivity index (χ3n) is 6.48. The summed E-state index contributed by atoms with van der Waals surface area (Å²) in [5.41, 5.74) is 6.35. The van der Waals surface area contributed by atoms with E-state index in [0.717, 1.165) is 0 Å². The van der Waals surface area contributed by atoms with Crippen molar-refractivity contribution in [3.05, 3.63) is 76.2 Å². The van der Waals surface area contributed by atoms with E-state index in [9.17, 15) is 22.8 Å². The average molecular weight is 504 g/mol. The standard InChI is InChI=1S/C24H21ClF3N5O2/c25-16-3-1-2-14(10-16)20-19(21(29)34)18-11-32(8-9-33(18)31-20)22(35)30-23(12-24(27,28)13-23)15-4-6-17(26)7-5-15/h1-7,10H,8-9,11-13H2,(H2,29,34)(H,30,35). The molecule has 0 spiro atoms. The van der Waals surface area contributed by atoms with Gasteiger partial charge in [-0.1, -0.05) is 35.9 Å². The highest BCUT2D eigenvalue weighted by Crippen LogP contribution is 2.51. The zero-order chi connectivity index (χ0) is 25.0. The summed E-state index contributed by atoms with van der Waals surface area (Å²) in [6.45, 7) is 0.528. The SMILES string of the molecule is NC(=O)c1c(-c2cccc(Cl)c2)nn2c1CN(C(=O)NC1(c3ccc(F)cc3)CC(F)(F)C1)CC2. The molecule has 0 saturated heterocycles. The summed E-state index contributed by atoms with van der Waals surface area (Å²) < 4.78 is 42.8. The van der Waals surface area contributed by atoms with Crippen LogP contribution in [0.5, 0.6) is 0 Å². The summed E-state index contributed by atoms with van der Waals surface area (Å²) >= 11 is 6.09. The molecule has 2 aromatic carbocycles. The number of nitrogens with one attached hydrogen (secondary N) is 1. The third kappa shape index (κ3) is 4.22. The van der Waals surface area contributed by atoms with Crippen LogP contribution >= 0.6 is 11.6 Å². The maximum atomic E-state index is 13.9. The maximum absolute atomic E-state index is 13.9. The Morgan fingerprint density at radius 3 is 2.43 bits per heavy atom. The molecule has 3 aromatic rings. The fourth-order valence-corrected chi connectivity index (χ4v) is 5.03. The number of nitrogens with two attached hydrogens (primary N) is 1. The first-order valence-corrected chi connectivity index (χ1v) is 11.3. The fraction of sp³-hybridized carbons (Fsp3) is 0.292. The summed E-state index contributed by atoms with van der Waals surface area (Å²) in [5.74, 6) is -4.14. The van der Waals surface area contributed by atoms with Crippen LogP contribution in [0.25, 0.3) is 11.3 Å². The van der Waals surface area contributed by atoms with Gasteiger partial charge in [-0.3, -0.25) is 9.48 Å². The number of primary amides is 1. The van der Waals surface area contributed by atoms with Crippen LogP contribution in [0.4, 0.5) is 18.0 Å². The van der Waals surface area contributed by atoms with Gasteiger partial charge in [-0.2, -0.15) is 5.10 Å². The van der Waals surface area contributed by atoms with Crippen LogP contribution in [0.3, 0.4) is 0 Å². The van der Waals surface area contributed by atoms with Gasteiger partial charge in [0, 0.05) is 30.0 Å². The molecule has 5 rings (SSSR count). The molecule has 0 atom stereocenters. The molecule has 0 radical (unpaired) electrons. The van der Waals surface area contributed by atoms with Crippen LogP contribution in [0.2, 0.25) is 5.02 Å². The molecule has 2 aliphatic rings. The molecular formula is C24H21ClF3N5O2. The minimum absolute atomic E-state index is 0.00750. The smallest absolute Gasteiger partial charge is 0.318 e. The summed E-state index contributed by atoms with van der Waals surface area (Å²) in [6, 6.07) is 11.4. The molecule has 1 aromatic heterocycles. The Bertz CT molecular complexity index is 1320. The molecule has 35 heavy (non-hydrogen) atoms. The van der Waals surface area contributed by atoms with Gasteiger partial charge in [0.1, 0.15) is 11.5 Å². The molecule has 2 heterocycles. The first kappa shape index (κ1) is 23.2. The molecule has 0 unspecified atom stereocenters. The number of rotatable bonds is 4. The maximum Gasteiger partial charge on any atom is 0.318 e. The van der Waals surface area contributed by atoms with Crippen LogP contribution in [-0.2, 0) is 18.6 Å². The summed E-state index contributed by atoms with van der Waals surface area (Å²) in [4.78, 5) is 27.0. The fourth-order valence-electron chi connectivity index (χ4n) is 4.84. The Morgan fingerprint density at radius 1 is 1.09 bits per heavy atom. The van der Waals surface area contributed by atoms with E-state index in [1.54, 1.807) is 28.9 Å². The lowest BCUT2D eigenvalue weighted by molar-refractivity contribution is -0.134. The lowest BCUT2D eigenvalue weighted by atomic mass is 9.69. The first-order valence-electron chi connectivity index (χ1n) is 10.9. The molecule has 1 fully saturated rings. The molecule has 11 heteroatoms. The molecular weight excluding hydrogens is 483 g/mol. The second-order valence-corrected chi connectivity index (χ2v) is 9.35. The molecule has 0 bridgehead atoms. The van der Waals surface area contributed by atoms with Crippen LogP contribution in [0, 0.1) is 5.82 Å². The van der Waals surface area contributed by atoms with Gasteiger partial charge < -0.3 is 16.0 Å². The Morgan fingerprint density at radius 2 is 1.80 bits per heavy atom. The first-order chi connectivity index (χ1) is 16.6. The number of carbonyl (C=O) groups is 2. The van der Waals surface area contributed by atoms with Crippen LogP contribution in [-0.4, -0.2) is 39.1 Å². The number of halogens is 4. The second-order valence-electron chi connectivity index (χ2n) is 8.92. The largest absolute Gasteiger partial charge is 0.365 e. The second kappa shape index (κ2) is 8.30. The number of carbonyl (C=O) groups excluding carboxylic acids is 2. The highest BCUT2D eigenvalue weighted by Gasteiger charge is 2.58. The van der Waals surface area contributed by atoms with Crippen LogP contribution < -0.4 is 11.1 Å². The molecule has 3 amide bonds. The van der Waals surface area contributed by atoms with Gasteiger partial charge in [0.2, 0.25) is 0 Å². The molecule has 1 saturated carbocycles. The number of hydrogen-bond donors (Lipinski definition) is 2. The van der Waals surface area contributed by atoms with Gasteiger partial charge in [-0.05, 0) is 29.8 Å².